The number of amidine groups is 1. The maximum absolute atomic E-state index is 12.0. The molecule has 1 aliphatic carbocycles. The molecule has 2 N–H and O–H groups in total. The third-order valence-corrected chi connectivity index (χ3v) is 3.88. The van der Waals surface area contributed by atoms with Crippen molar-refractivity contribution in [1.29, 1.82) is 0 Å². The summed E-state index contributed by atoms with van der Waals surface area (Å²) in [6, 6.07) is 9.61. The molecule has 21 heavy (non-hydrogen) atoms. The fourth-order valence-electron chi connectivity index (χ4n) is 2.73. The number of aromatic nitrogens is 2. The lowest BCUT2D eigenvalue weighted by molar-refractivity contribution is 0.203. The van der Waals surface area contributed by atoms with E-state index in [2.05, 4.69) is 10.1 Å². The van der Waals surface area contributed by atoms with E-state index in [1.165, 1.54) is 0 Å². The summed E-state index contributed by atoms with van der Waals surface area (Å²) in [5.41, 5.74) is 7.83. The number of hydrogen-bond acceptors (Lipinski definition) is 3. The van der Waals surface area contributed by atoms with Crippen LogP contribution in [0.2, 0.25) is 0 Å². The summed E-state index contributed by atoms with van der Waals surface area (Å²) in [4.78, 5) is 17.7. The quantitative estimate of drug-likeness (QED) is 0.933. The van der Waals surface area contributed by atoms with Crippen molar-refractivity contribution >= 4 is 11.9 Å². The van der Waals surface area contributed by atoms with Gasteiger partial charge in [0.2, 0.25) is 0 Å². The van der Waals surface area contributed by atoms with E-state index in [-0.39, 0.29) is 18.1 Å². The minimum Gasteiger partial charge on any atom is -0.385 e. The van der Waals surface area contributed by atoms with Crippen LogP contribution in [0.25, 0.3) is 5.69 Å². The van der Waals surface area contributed by atoms with Gasteiger partial charge in [0, 0.05) is 17.8 Å². The summed E-state index contributed by atoms with van der Waals surface area (Å²) in [7, 11) is 0. The average Bonchev–Trinajstić information content (AvgIpc) is 3.13. The Bertz CT molecular complexity index is 717. The normalized spacial score (nSPS) is 21.7. The van der Waals surface area contributed by atoms with Crippen molar-refractivity contribution in [2.24, 2.45) is 10.7 Å². The summed E-state index contributed by atoms with van der Waals surface area (Å²) in [6.07, 6.45) is 5.72. The van der Waals surface area contributed by atoms with E-state index < -0.39 is 0 Å². The molecule has 2 aliphatic rings. The second-order valence-corrected chi connectivity index (χ2v) is 5.41. The van der Waals surface area contributed by atoms with Crippen molar-refractivity contribution in [3.63, 3.8) is 0 Å². The minimum absolute atomic E-state index is 0.229. The second-order valence-electron chi connectivity index (χ2n) is 5.41. The van der Waals surface area contributed by atoms with Crippen LogP contribution in [-0.4, -0.2) is 32.6 Å². The zero-order valence-electron chi connectivity index (χ0n) is 11.4. The van der Waals surface area contributed by atoms with Gasteiger partial charge in [-0.25, -0.2) is 9.48 Å². The summed E-state index contributed by atoms with van der Waals surface area (Å²) < 4.78 is 1.79. The van der Waals surface area contributed by atoms with E-state index in [9.17, 15) is 4.79 Å². The molecule has 1 fully saturated rings. The van der Waals surface area contributed by atoms with Crippen LogP contribution in [-0.2, 0) is 0 Å². The van der Waals surface area contributed by atoms with Gasteiger partial charge in [-0.15, -0.1) is 0 Å². The van der Waals surface area contributed by atoms with Gasteiger partial charge in [0.1, 0.15) is 11.9 Å². The highest BCUT2D eigenvalue weighted by atomic mass is 16.2. The first-order valence-electron chi connectivity index (χ1n) is 7.00. The van der Waals surface area contributed by atoms with Crippen LogP contribution in [0.15, 0.2) is 47.7 Å². The van der Waals surface area contributed by atoms with Gasteiger partial charge in [0.25, 0.3) is 0 Å². The van der Waals surface area contributed by atoms with Crippen molar-refractivity contribution in [1.82, 2.24) is 14.7 Å². The number of nitrogens with zero attached hydrogens (tertiary/aromatic N) is 4. The zero-order chi connectivity index (χ0) is 14.4. The Hall–Kier alpha value is -2.63. The molecule has 1 saturated carbocycles. The number of amides is 2. The summed E-state index contributed by atoms with van der Waals surface area (Å²) >= 11 is 0. The van der Waals surface area contributed by atoms with Crippen molar-refractivity contribution in [2.75, 3.05) is 0 Å². The lowest BCUT2D eigenvalue weighted by Gasteiger charge is -2.22. The van der Waals surface area contributed by atoms with E-state index in [1.54, 1.807) is 15.8 Å². The Kier molecular flexibility index (Phi) is 2.57. The molecule has 1 aromatic carbocycles. The Morgan fingerprint density at radius 3 is 2.67 bits per heavy atom. The third-order valence-electron chi connectivity index (χ3n) is 3.88. The van der Waals surface area contributed by atoms with E-state index in [1.807, 2.05) is 36.5 Å². The van der Waals surface area contributed by atoms with Crippen molar-refractivity contribution in [2.45, 2.75) is 24.9 Å². The molecular weight excluding hydrogens is 266 g/mol. The van der Waals surface area contributed by atoms with Gasteiger partial charge < -0.3 is 10.6 Å². The maximum Gasteiger partial charge on any atom is 0.346 e. The van der Waals surface area contributed by atoms with Gasteiger partial charge in [-0.1, -0.05) is 18.2 Å². The maximum atomic E-state index is 12.0. The number of hydrogen-bond donors (Lipinski definition) is 1. The SMILES string of the molecule is NC1=NC(=O)N(C2CC2)C1c1cnn(-c2ccccc2)c1. The number of para-hydroxylation sites is 1. The monoisotopic (exact) mass is 281 g/mol. The predicted molar refractivity (Wildman–Crippen MR) is 78.2 cm³/mol. The largest absolute Gasteiger partial charge is 0.385 e. The molecule has 1 aromatic heterocycles. The van der Waals surface area contributed by atoms with Crippen LogP contribution in [0, 0.1) is 0 Å². The fraction of sp³-hybridized carbons (Fsp3) is 0.267. The molecule has 1 aliphatic heterocycles. The number of nitrogens with two attached hydrogens (primary N) is 1. The number of rotatable bonds is 3. The van der Waals surface area contributed by atoms with Crippen LogP contribution in [0.3, 0.4) is 0 Å². The van der Waals surface area contributed by atoms with Gasteiger partial charge in [-0.2, -0.15) is 10.1 Å². The molecule has 0 bridgehead atoms. The highest BCUT2D eigenvalue weighted by Crippen LogP contribution is 2.38. The van der Waals surface area contributed by atoms with Gasteiger partial charge >= 0.3 is 6.03 Å². The lowest BCUT2D eigenvalue weighted by Crippen LogP contribution is -2.34. The summed E-state index contributed by atoms with van der Waals surface area (Å²) in [5, 5.41) is 4.37. The van der Waals surface area contributed by atoms with E-state index in [0.717, 1.165) is 24.1 Å². The molecule has 106 valence electrons. The van der Waals surface area contributed by atoms with E-state index in [4.69, 9.17) is 5.73 Å². The fourth-order valence-corrected chi connectivity index (χ4v) is 2.73. The molecular formula is C15H15N5O. The van der Waals surface area contributed by atoms with Crippen molar-refractivity contribution in [3.8, 4) is 5.69 Å². The Labute approximate surface area is 121 Å². The first-order chi connectivity index (χ1) is 10.2. The molecule has 2 aromatic rings. The third kappa shape index (κ3) is 1.99. The van der Waals surface area contributed by atoms with Gasteiger partial charge in [-0.3, -0.25) is 0 Å². The molecule has 0 radical (unpaired) electrons. The molecule has 6 nitrogen and oxygen atoms in total. The molecule has 6 heteroatoms. The molecule has 2 amide bonds. The van der Waals surface area contributed by atoms with Crippen molar-refractivity contribution < 1.29 is 4.79 Å². The smallest absolute Gasteiger partial charge is 0.346 e. The van der Waals surface area contributed by atoms with E-state index >= 15 is 0 Å². The lowest BCUT2D eigenvalue weighted by atomic mass is 10.1. The first kappa shape index (κ1) is 12.1. The van der Waals surface area contributed by atoms with Crippen LogP contribution in [0.5, 0.6) is 0 Å². The molecule has 0 saturated heterocycles. The molecule has 1 unspecified atom stereocenters. The molecule has 2 heterocycles. The predicted octanol–water partition coefficient (Wildman–Crippen LogP) is 1.87. The van der Waals surface area contributed by atoms with Crippen LogP contribution in [0.1, 0.15) is 24.4 Å². The molecule has 1 atom stereocenters. The number of benzene rings is 1. The second kappa shape index (κ2) is 4.44. The first-order valence-corrected chi connectivity index (χ1v) is 7.00. The number of urea groups is 1. The summed E-state index contributed by atoms with van der Waals surface area (Å²) in [5.74, 6) is 0.361. The minimum atomic E-state index is -0.275. The highest BCUT2D eigenvalue weighted by Gasteiger charge is 2.44. The number of carbonyl (C=O) groups is 1. The standard InChI is InChI=1S/C15H15N5O/c16-14-13(20(12-6-7-12)15(21)18-14)10-8-17-19(9-10)11-4-2-1-3-5-11/h1-5,8-9,12-13H,6-7H2,(H2,16,18,21). The van der Waals surface area contributed by atoms with Gasteiger partial charge in [0.15, 0.2) is 0 Å². The van der Waals surface area contributed by atoms with E-state index in [0.29, 0.717) is 5.84 Å². The highest BCUT2D eigenvalue weighted by molar-refractivity contribution is 6.03. The van der Waals surface area contributed by atoms with Gasteiger partial charge in [0.05, 0.1) is 11.9 Å². The summed E-state index contributed by atoms with van der Waals surface area (Å²) in [6.45, 7) is 0. The Morgan fingerprint density at radius 1 is 1.19 bits per heavy atom. The Morgan fingerprint density at radius 2 is 1.95 bits per heavy atom. The van der Waals surface area contributed by atoms with Crippen LogP contribution < -0.4 is 5.73 Å². The number of aliphatic imine (C=N–C) groups is 1. The Balaban J connectivity index is 1.69. The number of carbonyl (C=O) groups excluding carboxylic acids is 1. The topological polar surface area (TPSA) is 76.5 Å². The molecule has 0 spiro atoms. The average molecular weight is 281 g/mol. The zero-order valence-corrected chi connectivity index (χ0v) is 11.4. The molecule has 4 rings (SSSR count). The van der Waals surface area contributed by atoms with Crippen LogP contribution in [0.4, 0.5) is 4.79 Å². The van der Waals surface area contributed by atoms with Gasteiger partial charge in [-0.05, 0) is 25.0 Å². The van der Waals surface area contributed by atoms with Crippen LogP contribution >= 0.6 is 0 Å². The van der Waals surface area contributed by atoms with Crippen molar-refractivity contribution in [3.05, 3.63) is 48.3 Å².